The van der Waals surface area contributed by atoms with Crippen LogP contribution >= 0.6 is 0 Å². The molecule has 2 rings (SSSR count). The predicted molar refractivity (Wildman–Crippen MR) is 79.1 cm³/mol. The summed E-state index contributed by atoms with van der Waals surface area (Å²) in [5.41, 5.74) is 2.75. The van der Waals surface area contributed by atoms with E-state index in [1.54, 1.807) is 0 Å². The zero-order chi connectivity index (χ0) is 14.8. The second kappa shape index (κ2) is 5.95. The van der Waals surface area contributed by atoms with E-state index in [4.69, 9.17) is 0 Å². The summed E-state index contributed by atoms with van der Waals surface area (Å²) < 4.78 is 24.1. The summed E-state index contributed by atoms with van der Waals surface area (Å²) in [6.45, 7) is 4.42. The Balaban J connectivity index is 1.95. The van der Waals surface area contributed by atoms with E-state index in [1.165, 1.54) is 0 Å². The van der Waals surface area contributed by atoms with Crippen molar-refractivity contribution < 1.29 is 13.2 Å². The zero-order valence-corrected chi connectivity index (χ0v) is 12.8. The Morgan fingerprint density at radius 2 is 2.00 bits per heavy atom. The molecule has 0 unspecified atom stereocenters. The van der Waals surface area contributed by atoms with Crippen molar-refractivity contribution in [3.8, 4) is 0 Å². The van der Waals surface area contributed by atoms with Gasteiger partial charge in [0, 0.05) is 6.54 Å². The van der Waals surface area contributed by atoms with Gasteiger partial charge in [-0.25, -0.2) is 8.42 Å². The predicted octanol–water partition coefficient (Wildman–Crippen LogP) is 1.74. The molecule has 0 bridgehead atoms. The molecule has 0 heterocycles. The lowest BCUT2D eigenvalue weighted by Crippen LogP contribution is -2.32. The minimum Gasteiger partial charge on any atom is -0.355 e. The minimum absolute atomic E-state index is 0.0721. The molecule has 1 saturated carbocycles. The van der Waals surface area contributed by atoms with E-state index in [1.807, 2.05) is 32.0 Å². The lowest BCUT2D eigenvalue weighted by molar-refractivity contribution is -0.118. The molecule has 0 aliphatic heterocycles. The van der Waals surface area contributed by atoms with Gasteiger partial charge < -0.3 is 5.32 Å². The Morgan fingerprint density at radius 1 is 1.30 bits per heavy atom. The number of benzene rings is 1. The van der Waals surface area contributed by atoms with Crippen LogP contribution < -0.4 is 5.32 Å². The van der Waals surface area contributed by atoms with Crippen LogP contribution in [0.5, 0.6) is 0 Å². The Bertz CT molecular complexity index is 604. The average Bonchev–Trinajstić information content (AvgIpc) is 3.14. The van der Waals surface area contributed by atoms with Gasteiger partial charge in [-0.2, -0.15) is 0 Å². The first-order valence-electron chi connectivity index (χ1n) is 6.89. The summed E-state index contributed by atoms with van der Waals surface area (Å²) in [5.74, 6) is -0.326. The van der Waals surface area contributed by atoms with Gasteiger partial charge in [0.2, 0.25) is 5.91 Å². The molecule has 1 fully saturated rings. The molecule has 1 aliphatic rings. The second-order valence-corrected chi connectivity index (χ2v) is 7.77. The topological polar surface area (TPSA) is 63.2 Å². The highest BCUT2D eigenvalue weighted by atomic mass is 32.2. The standard InChI is InChI=1S/C15H21NO3S/c1-11-3-4-12(2)14(7-11)9-20(18,19)10-15(17)16-8-13-5-6-13/h3-4,7,13H,5-6,8-10H2,1-2H3,(H,16,17). The van der Waals surface area contributed by atoms with Crippen LogP contribution in [0.25, 0.3) is 0 Å². The molecule has 0 atom stereocenters. The van der Waals surface area contributed by atoms with Crippen LogP contribution in [0, 0.1) is 19.8 Å². The van der Waals surface area contributed by atoms with Crippen molar-refractivity contribution in [3.63, 3.8) is 0 Å². The van der Waals surface area contributed by atoms with Crippen molar-refractivity contribution >= 4 is 15.7 Å². The number of sulfone groups is 1. The van der Waals surface area contributed by atoms with Gasteiger partial charge in [0.15, 0.2) is 9.84 Å². The van der Waals surface area contributed by atoms with E-state index in [9.17, 15) is 13.2 Å². The van der Waals surface area contributed by atoms with Gasteiger partial charge in [-0.15, -0.1) is 0 Å². The van der Waals surface area contributed by atoms with Crippen molar-refractivity contribution in [2.24, 2.45) is 5.92 Å². The number of amides is 1. The average molecular weight is 295 g/mol. The second-order valence-electron chi connectivity index (χ2n) is 5.71. The highest BCUT2D eigenvalue weighted by Gasteiger charge is 2.23. The number of rotatable bonds is 6. The fourth-order valence-electron chi connectivity index (χ4n) is 2.07. The van der Waals surface area contributed by atoms with Crippen molar-refractivity contribution in [3.05, 3.63) is 34.9 Å². The Kier molecular flexibility index (Phi) is 4.48. The molecule has 0 radical (unpaired) electrons. The molecule has 1 N–H and O–H groups in total. The smallest absolute Gasteiger partial charge is 0.235 e. The molecule has 0 saturated heterocycles. The van der Waals surface area contributed by atoms with Gasteiger partial charge in [0.05, 0.1) is 5.75 Å². The normalized spacial score (nSPS) is 15.1. The first-order chi connectivity index (χ1) is 9.35. The molecule has 0 spiro atoms. The largest absolute Gasteiger partial charge is 0.355 e. The van der Waals surface area contributed by atoms with Crippen LogP contribution in [0.4, 0.5) is 0 Å². The summed E-state index contributed by atoms with van der Waals surface area (Å²) in [6, 6.07) is 5.73. The van der Waals surface area contributed by atoms with Gasteiger partial charge >= 0.3 is 0 Å². The summed E-state index contributed by atoms with van der Waals surface area (Å²) >= 11 is 0. The van der Waals surface area contributed by atoms with Crippen LogP contribution in [0.1, 0.15) is 29.5 Å². The molecule has 5 heteroatoms. The molecular weight excluding hydrogens is 274 g/mol. The van der Waals surface area contributed by atoms with E-state index in [0.717, 1.165) is 29.5 Å². The summed E-state index contributed by atoms with van der Waals surface area (Å²) in [6.07, 6.45) is 2.27. The van der Waals surface area contributed by atoms with E-state index in [0.29, 0.717) is 12.5 Å². The first-order valence-corrected chi connectivity index (χ1v) is 8.71. The van der Waals surface area contributed by atoms with E-state index < -0.39 is 15.6 Å². The molecule has 4 nitrogen and oxygen atoms in total. The van der Waals surface area contributed by atoms with E-state index in [2.05, 4.69) is 5.32 Å². The number of carbonyl (C=O) groups is 1. The minimum atomic E-state index is -3.41. The van der Waals surface area contributed by atoms with Crippen molar-refractivity contribution in [1.82, 2.24) is 5.32 Å². The van der Waals surface area contributed by atoms with Gasteiger partial charge in [0.1, 0.15) is 5.75 Å². The lowest BCUT2D eigenvalue weighted by Gasteiger charge is -2.09. The molecule has 0 aromatic heterocycles. The number of nitrogens with one attached hydrogen (secondary N) is 1. The van der Waals surface area contributed by atoms with Crippen molar-refractivity contribution in [2.75, 3.05) is 12.3 Å². The van der Waals surface area contributed by atoms with Gasteiger partial charge in [0.25, 0.3) is 0 Å². The number of aryl methyl sites for hydroxylation is 2. The summed E-state index contributed by atoms with van der Waals surface area (Å²) in [7, 11) is -3.41. The number of hydrogen-bond acceptors (Lipinski definition) is 3. The summed E-state index contributed by atoms with van der Waals surface area (Å²) in [4.78, 5) is 11.6. The monoisotopic (exact) mass is 295 g/mol. The van der Waals surface area contributed by atoms with Crippen LogP contribution in [0.3, 0.4) is 0 Å². The fourth-order valence-corrected chi connectivity index (χ4v) is 3.46. The third-order valence-corrected chi connectivity index (χ3v) is 4.97. The molecule has 1 aliphatic carbocycles. The van der Waals surface area contributed by atoms with Crippen LogP contribution in [0.15, 0.2) is 18.2 Å². The van der Waals surface area contributed by atoms with E-state index in [-0.39, 0.29) is 11.7 Å². The van der Waals surface area contributed by atoms with Crippen LogP contribution in [0.2, 0.25) is 0 Å². The van der Waals surface area contributed by atoms with Gasteiger partial charge in [-0.05, 0) is 43.7 Å². The number of hydrogen-bond donors (Lipinski definition) is 1. The maximum atomic E-state index is 12.1. The zero-order valence-electron chi connectivity index (χ0n) is 12.0. The molecule has 1 aromatic rings. The third-order valence-electron chi connectivity index (χ3n) is 3.52. The Hall–Kier alpha value is -1.36. The van der Waals surface area contributed by atoms with Crippen LogP contribution in [-0.2, 0) is 20.4 Å². The van der Waals surface area contributed by atoms with Gasteiger partial charge in [-0.1, -0.05) is 23.8 Å². The maximum absolute atomic E-state index is 12.1. The first kappa shape index (κ1) is 15.0. The highest BCUT2D eigenvalue weighted by molar-refractivity contribution is 7.91. The van der Waals surface area contributed by atoms with Crippen molar-refractivity contribution in [1.29, 1.82) is 0 Å². The lowest BCUT2D eigenvalue weighted by atomic mass is 10.1. The Labute approximate surface area is 120 Å². The van der Waals surface area contributed by atoms with Gasteiger partial charge in [-0.3, -0.25) is 4.79 Å². The number of carbonyl (C=O) groups excluding carboxylic acids is 1. The molecule has 20 heavy (non-hydrogen) atoms. The van der Waals surface area contributed by atoms with E-state index >= 15 is 0 Å². The highest BCUT2D eigenvalue weighted by Crippen LogP contribution is 2.27. The fraction of sp³-hybridized carbons (Fsp3) is 0.533. The Morgan fingerprint density at radius 3 is 2.65 bits per heavy atom. The summed E-state index contributed by atoms with van der Waals surface area (Å²) in [5, 5.41) is 2.69. The molecular formula is C15H21NO3S. The molecule has 1 amide bonds. The third kappa shape index (κ3) is 4.63. The maximum Gasteiger partial charge on any atom is 0.235 e. The molecule has 110 valence electrons. The SMILES string of the molecule is Cc1ccc(C)c(CS(=O)(=O)CC(=O)NCC2CC2)c1. The van der Waals surface area contributed by atoms with Crippen LogP contribution in [-0.4, -0.2) is 26.6 Å². The van der Waals surface area contributed by atoms with Crippen molar-refractivity contribution in [2.45, 2.75) is 32.4 Å². The quantitative estimate of drug-likeness (QED) is 0.869. The molecule has 1 aromatic carbocycles.